The van der Waals surface area contributed by atoms with E-state index in [2.05, 4.69) is 0 Å². The zero-order valence-corrected chi connectivity index (χ0v) is 9.52. The van der Waals surface area contributed by atoms with Gasteiger partial charge >= 0.3 is 5.69 Å². The summed E-state index contributed by atoms with van der Waals surface area (Å²) in [6.45, 7) is 3.34. The van der Waals surface area contributed by atoms with Gasteiger partial charge in [-0.15, -0.1) is 0 Å². The van der Waals surface area contributed by atoms with Gasteiger partial charge in [0.05, 0.1) is 11.5 Å². The third kappa shape index (κ3) is 4.36. The number of nitrogens with zero attached hydrogens (tertiary/aromatic N) is 1. The van der Waals surface area contributed by atoms with E-state index in [4.69, 9.17) is 9.47 Å². The molecule has 94 valence electrons. The van der Waals surface area contributed by atoms with E-state index in [0.29, 0.717) is 13.2 Å². The number of benzene rings is 1. The van der Waals surface area contributed by atoms with Gasteiger partial charge in [-0.1, -0.05) is 6.92 Å². The number of nitro benzene ring substituents is 1. The van der Waals surface area contributed by atoms with Gasteiger partial charge in [0, 0.05) is 18.7 Å². The average molecular weight is 243 g/mol. The van der Waals surface area contributed by atoms with E-state index in [1.165, 1.54) is 6.07 Å². The van der Waals surface area contributed by atoms with Crippen molar-refractivity contribution in [2.45, 2.75) is 13.3 Å². The Morgan fingerprint density at radius 1 is 1.35 bits per heavy atom. The second-order valence-corrected chi connectivity index (χ2v) is 3.33. The summed E-state index contributed by atoms with van der Waals surface area (Å²) in [6, 6.07) is 3.44. The fraction of sp³-hybridized carbons (Fsp3) is 0.455. The molecule has 0 saturated heterocycles. The van der Waals surface area contributed by atoms with Crippen molar-refractivity contribution in [1.82, 2.24) is 0 Å². The quantitative estimate of drug-likeness (QED) is 0.419. The van der Waals surface area contributed by atoms with Crippen LogP contribution in [0.2, 0.25) is 0 Å². The molecule has 6 heteroatoms. The van der Waals surface area contributed by atoms with E-state index in [0.717, 1.165) is 18.6 Å². The summed E-state index contributed by atoms with van der Waals surface area (Å²) in [4.78, 5) is 9.60. The van der Waals surface area contributed by atoms with Gasteiger partial charge in [0.15, 0.2) is 0 Å². The van der Waals surface area contributed by atoms with Crippen molar-refractivity contribution in [2.24, 2.45) is 0 Å². The molecule has 0 aliphatic heterocycles. The SMILES string of the molecule is CCCOCCOc1ccc([N+](=O)[O-])c(F)c1. The van der Waals surface area contributed by atoms with Crippen molar-refractivity contribution in [3.8, 4) is 5.75 Å². The van der Waals surface area contributed by atoms with Crippen molar-refractivity contribution in [1.29, 1.82) is 0 Å². The van der Waals surface area contributed by atoms with E-state index >= 15 is 0 Å². The van der Waals surface area contributed by atoms with Crippen molar-refractivity contribution in [3.05, 3.63) is 34.1 Å². The molecule has 0 bridgehead atoms. The summed E-state index contributed by atoms with van der Waals surface area (Å²) in [7, 11) is 0. The highest BCUT2D eigenvalue weighted by Gasteiger charge is 2.13. The molecule has 0 spiro atoms. The fourth-order valence-corrected chi connectivity index (χ4v) is 1.19. The highest BCUT2D eigenvalue weighted by Crippen LogP contribution is 2.22. The van der Waals surface area contributed by atoms with Crippen LogP contribution in [0.1, 0.15) is 13.3 Å². The van der Waals surface area contributed by atoms with Gasteiger partial charge in [0.1, 0.15) is 12.4 Å². The molecule has 0 saturated carbocycles. The Labute approximate surface area is 98.3 Å². The third-order valence-corrected chi connectivity index (χ3v) is 1.96. The summed E-state index contributed by atoms with van der Waals surface area (Å²) >= 11 is 0. The molecule has 0 atom stereocenters. The average Bonchev–Trinajstić information content (AvgIpc) is 2.28. The fourth-order valence-electron chi connectivity index (χ4n) is 1.19. The van der Waals surface area contributed by atoms with Gasteiger partial charge in [0.2, 0.25) is 5.82 Å². The van der Waals surface area contributed by atoms with Gasteiger partial charge in [-0.2, -0.15) is 4.39 Å². The van der Waals surface area contributed by atoms with Crippen LogP contribution in [0.15, 0.2) is 18.2 Å². The predicted octanol–water partition coefficient (Wildman–Crippen LogP) is 2.54. The molecule has 17 heavy (non-hydrogen) atoms. The highest BCUT2D eigenvalue weighted by molar-refractivity contribution is 5.37. The Balaban J connectivity index is 2.45. The monoisotopic (exact) mass is 243 g/mol. The first-order valence-electron chi connectivity index (χ1n) is 5.29. The summed E-state index contributed by atoms with van der Waals surface area (Å²) in [6.07, 6.45) is 0.923. The highest BCUT2D eigenvalue weighted by atomic mass is 19.1. The molecule has 0 radical (unpaired) electrons. The Kier molecular flexibility index (Phi) is 5.35. The van der Waals surface area contributed by atoms with Crippen molar-refractivity contribution >= 4 is 5.69 Å². The standard InChI is InChI=1S/C11H14FNO4/c1-2-5-16-6-7-17-9-3-4-11(13(14)15)10(12)8-9/h3-4,8H,2,5-7H2,1H3. The first kappa shape index (κ1) is 13.4. The summed E-state index contributed by atoms with van der Waals surface area (Å²) < 4.78 is 23.5. The second-order valence-electron chi connectivity index (χ2n) is 3.33. The maximum absolute atomic E-state index is 13.2. The molecule has 0 heterocycles. The van der Waals surface area contributed by atoms with Crippen LogP contribution in [0.4, 0.5) is 10.1 Å². The zero-order chi connectivity index (χ0) is 12.7. The molecular formula is C11H14FNO4. The van der Waals surface area contributed by atoms with Crippen LogP contribution in [0.3, 0.4) is 0 Å². The van der Waals surface area contributed by atoms with E-state index < -0.39 is 16.4 Å². The number of halogens is 1. The maximum Gasteiger partial charge on any atom is 0.305 e. The predicted molar refractivity (Wildman–Crippen MR) is 59.7 cm³/mol. The summed E-state index contributed by atoms with van der Waals surface area (Å²) in [5.74, 6) is -0.643. The largest absolute Gasteiger partial charge is 0.491 e. The molecule has 0 amide bonds. The molecule has 1 aromatic rings. The van der Waals surface area contributed by atoms with E-state index in [1.54, 1.807) is 0 Å². The van der Waals surface area contributed by atoms with E-state index in [-0.39, 0.29) is 12.4 Å². The molecule has 0 aliphatic carbocycles. The number of hydrogen-bond donors (Lipinski definition) is 0. The van der Waals surface area contributed by atoms with Gasteiger partial charge in [0.25, 0.3) is 0 Å². The molecule has 5 nitrogen and oxygen atoms in total. The smallest absolute Gasteiger partial charge is 0.305 e. The minimum atomic E-state index is -0.901. The molecule has 1 rings (SSSR count). The number of ether oxygens (including phenoxy) is 2. The summed E-state index contributed by atoms with van der Waals surface area (Å²) in [5.41, 5.74) is -0.556. The van der Waals surface area contributed by atoms with Gasteiger partial charge in [-0.25, -0.2) is 0 Å². The molecule has 0 fully saturated rings. The lowest BCUT2D eigenvalue weighted by Crippen LogP contribution is -2.07. The second kappa shape index (κ2) is 6.80. The molecular weight excluding hydrogens is 229 g/mol. The van der Waals surface area contributed by atoms with Crippen LogP contribution < -0.4 is 4.74 Å². The first-order chi connectivity index (χ1) is 8.15. The Hall–Kier alpha value is -1.69. The lowest BCUT2D eigenvalue weighted by atomic mass is 10.3. The zero-order valence-electron chi connectivity index (χ0n) is 9.52. The topological polar surface area (TPSA) is 61.6 Å². The first-order valence-corrected chi connectivity index (χ1v) is 5.29. The molecule has 0 aromatic heterocycles. The number of rotatable bonds is 7. The molecule has 1 aromatic carbocycles. The molecule has 0 unspecified atom stereocenters. The van der Waals surface area contributed by atoms with Crippen LogP contribution in [-0.4, -0.2) is 24.7 Å². The number of hydrogen-bond acceptors (Lipinski definition) is 4. The maximum atomic E-state index is 13.2. The van der Waals surface area contributed by atoms with Crippen molar-refractivity contribution in [3.63, 3.8) is 0 Å². The van der Waals surface area contributed by atoms with Crippen LogP contribution in [0.5, 0.6) is 5.75 Å². The van der Waals surface area contributed by atoms with E-state index in [9.17, 15) is 14.5 Å². The van der Waals surface area contributed by atoms with Gasteiger partial charge in [-0.3, -0.25) is 10.1 Å². The van der Waals surface area contributed by atoms with Crippen LogP contribution in [0.25, 0.3) is 0 Å². The summed E-state index contributed by atoms with van der Waals surface area (Å²) in [5, 5.41) is 10.4. The van der Waals surface area contributed by atoms with Gasteiger partial charge < -0.3 is 9.47 Å². The lowest BCUT2D eigenvalue weighted by Gasteiger charge is -2.06. The van der Waals surface area contributed by atoms with Gasteiger partial charge in [-0.05, 0) is 12.5 Å². The van der Waals surface area contributed by atoms with E-state index in [1.807, 2.05) is 6.92 Å². The Morgan fingerprint density at radius 3 is 2.71 bits per heavy atom. The van der Waals surface area contributed by atoms with Crippen molar-refractivity contribution < 1.29 is 18.8 Å². The van der Waals surface area contributed by atoms with Crippen LogP contribution in [0, 0.1) is 15.9 Å². The normalized spacial score (nSPS) is 10.2. The van der Waals surface area contributed by atoms with Crippen LogP contribution >= 0.6 is 0 Å². The third-order valence-electron chi connectivity index (χ3n) is 1.96. The van der Waals surface area contributed by atoms with Crippen LogP contribution in [-0.2, 0) is 4.74 Å². The molecule has 0 aliphatic rings. The lowest BCUT2D eigenvalue weighted by molar-refractivity contribution is -0.387. The molecule has 0 N–H and O–H groups in total. The minimum absolute atomic E-state index is 0.258. The number of nitro groups is 1. The van der Waals surface area contributed by atoms with Crippen molar-refractivity contribution in [2.75, 3.05) is 19.8 Å². The Bertz CT molecular complexity index is 384. The Morgan fingerprint density at radius 2 is 2.12 bits per heavy atom. The minimum Gasteiger partial charge on any atom is -0.491 e.